The van der Waals surface area contributed by atoms with Crippen molar-refractivity contribution in [3.8, 4) is 5.75 Å². The predicted molar refractivity (Wildman–Crippen MR) is 98.6 cm³/mol. The number of anilines is 1. The van der Waals surface area contributed by atoms with Gasteiger partial charge < -0.3 is 10.6 Å². The van der Waals surface area contributed by atoms with Gasteiger partial charge in [-0.25, -0.2) is 14.5 Å². The first-order chi connectivity index (χ1) is 12.5. The second-order valence-corrected chi connectivity index (χ2v) is 5.95. The molecule has 0 fully saturated rings. The molecule has 0 aliphatic carbocycles. The van der Waals surface area contributed by atoms with Crippen molar-refractivity contribution >= 4 is 35.4 Å². The minimum Gasteiger partial charge on any atom is -0.488 e. The summed E-state index contributed by atoms with van der Waals surface area (Å²) in [5.41, 5.74) is 3.47. The number of hydrogen-bond acceptors (Lipinski definition) is 6. The molecule has 3 rings (SSSR count). The van der Waals surface area contributed by atoms with Crippen LogP contribution in [0.5, 0.6) is 5.75 Å². The second-order valence-electron chi connectivity index (χ2n) is 5.10. The van der Waals surface area contributed by atoms with Gasteiger partial charge in [-0.05, 0) is 30.3 Å². The average Bonchev–Trinajstić information content (AvgIpc) is 3.01. The standard InChI is InChI=1S/C16H13Cl2FN6O/c17-11-4-5-15(26-8-12-13(18)2-1-3-14(12)19)10(6-11)7-21-23-16-24-22-9-25(16)20/h1-7,9H,8,20H2,(H,23,24)/b21-7+. The van der Waals surface area contributed by atoms with Gasteiger partial charge in [0.05, 0.1) is 11.2 Å². The van der Waals surface area contributed by atoms with E-state index in [0.717, 1.165) is 0 Å². The lowest BCUT2D eigenvalue weighted by molar-refractivity contribution is 0.299. The number of hydrazone groups is 1. The molecule has 0 aliphatic rings. The Morgan fingerprint density at radius 1 is 1.31 bits per heavy atom. The molecule has 3 aromatic rings. The second kappa shape index (κ2) is 8.03. The Labute approximate surface area is 158 Å². The van der Waals surface area contributed by atoms with Crippen LogP contribution in [0.15, 0.2) is 47.8 Å². The zero-order valence-corrected chi connectivity index (χ0v) is 14.7. The summed E-state index contributed by atoms with van der Waals surface area (Å²) in [6.45, 7) is -0.0431. The molecule has 7 nitrogen and oxygen atoms in total. The normalized spacial score (nSPS) is 11.0. The third-order valence-electron chi connectivity index (χ3n) is 3.35. The van der Waals surface area contributed by atoms with Crippen LogP contribution in [0.3, 0.4) is 0 Å². The lowest BCUT2D eigenvalue weighted by atomic mass is 10.2. The van der Waals surface area contributed by atoms with Gasteiger partial charge in [-0.2, -0.15) is 5.10 Å². The van der Waals surface area contributed by atoms with Gasteiger partial charge in [0, 0.05) is 16.1 Å². The first-order valence-corrected chi connectivity index (χ1v) is 8.09. The Balaban J connectivity index is 1.76. The molecule has 0 atom stereocenters. The van der Waals surface area contributed by atoms with Crippen LogP contribution in [0, 0.1) is 5.82 Å². The molecule has 0 amide bonds. The Morgan fingerprint density at radius 3 is 2.88 bits per heavy atom. The topological polar surface area (TPSA) is 90.4 Å². The summed E-state index contributed by atoms with van der Waals surface area (Å²) >= 11 is 12.0. The molecule has 1 aromatic heterocycles. The average molecular weight is 395 g/mol. The number of benzene rings is 2. The van der Waals surface area contributed by atoms with Gasteiger partial charge in [0.25, 0.3) is 5.95 Å². The summed E-state index contributed by atoms with van der Waals surface area (Å²) in [5.74, 6) is 5.84. The molecule has 2 aromatic carbocycles. The smallest absolute Gasteiger partial charge is 0.263 e. The largest absolute Gasteiger partial charge is 0.488 e. The maximum absolute atomic E-state index is 13.9. The highest BCUT2D eigenvalue weighted by molar-refractivity contribution is 6.31. The summed E-state index contributed by atoms with van der Waals surface area (Å²) < 4.78 is 20.7. The van der Waals surface area contributed by atoms with Crippen LogP contribution in [-0.2, 0) is 6.61 Å². The first kappa shape index (κ1) is 18.0. The van der Waals surface area contributed by atoms with Crippen LogP contribution in [0.25, 0.3) is 0 Å². The maximum atomic E-state index is 13.9. The zero-order valence-electron chi connectivity index (χ0n) is 13.2. The van der Waals surface area contributed by atoms with Crippen LogP contribution in [0.1, 0.15) is 11.1 Å². The lowest BCUT2D eigenvalue weighted by Gasteiger charge is -2.11. The van der Waals surface area contributed by atoms with Gasteiger partial charge in [-0.15, -0.1) is 10.2 Å². The van der Waals surface area contributed by atoms with Gasteiger partial charge >= 0.3 is 0 Å². The van der Waals surface area contributed by atoms with E-state index in [1.807, 2.05) is 0 Å². The van der Waals surface area contributed by atoms with Gasteiger partial charge in [-0.3, -0.25) is 0 Å². The van der Waals surface area contributed by atoms with E-state index in [2.05, 4.69) is 20.7 Å². The Bertz CT molecular complexity index is 926. The molecule has 0 saturated carbocycles. The molecule has 0 unspecified atom stereocenters. The van der Waals surface area contributed by atoms with Crippen LogP contribution in [0.4, 0.5) is 10.3 Å². The van der Waals surface area contributed by atoms with Crippen molar-refractivity contribution in [3.05, 3.63) is 69.7 Å². The predicted octanol–water partition coefficient (Wildman–Crippen LogP) is 3.46. The summed E-state index contributed by atoms with van der Waals surface area (Å²) in [4.78, 5) is 0. The van der Waals surface area contributed by atoms with Crippen molar-refractivity contribution in [3.63, 3.8) is 0 Å². The number of halogens is 3. The van der Waals surface area contributed by atoms with Crippen molar-refractivity contribution < 1.29 is 9.13 Å². The molecule has 0 aliphatic heterocycles. The molecular weight excluding hydrogens is 382 g/mol. The van der Waals surface area contributed by atoms with E-state index in [4.69, 9.17) is 33.8 Å². The van der Waals surface area contributed by atoms with Crippen LogP contribution in [-0.4, -0.2) is 21.1 Å². The van der Waals surface area contributed by atoms with Crippen molar-refractivity contribution in [2.45, 2.75) is 6.61 Å². The van der Waals surface area contributed by atoms with E-state index >= 15 is 0 Å². The third kappa shape index (κ3) is 4.22. The van der Waals surface area contributed by atoms with Gasteiger partial charge in [0.2, 0.25) is 0 Å². The van der Waals surface area contributed by atoms with E-state index in [0.29, 0.717) is 16.3 Å². The monoisotopic (exact) mass is 394 g/mol. The molecule has 0 radical (unpaired) electrons. The summed E-state index contributed by atoms with van der Waals surface area (Å²) in [6.07, 6.45) is 2.79. The zero-order chi connectivity index (χ0) is 18.5. The van der Waals surface area contributed by atoms with Crippen LogP contribution < -0.4 is 16.0 Å². The summed E-state index contributed by atoms with van der Waals surface area (Å²) in [7, 11) is 0. The van der Waals surface area contributed by atoms with Gasteiger partial charge in [0.15, 0.2) is 0 Å². The number of rotatable bonds is 6. The lowest BCUT2D eigenvalue weighted by Crippen LogP contribution is -2.10. The molecular formula is C16H13Cl2FN6O. The highest BCUT2D eigenvalue weighted by Gasteiger charge is 2.10. The van der Waals surface area contributed by atoms with E-state index in [9.17, 15) is 4.39 Å². The minimum absolute atomic E-state index is 0.0431. The third-order valence-corrected chi connectivity index (χ3v) is 3.94. The fourth-order valence-electron chi connectivity index (χ4n) is 2.05. The van der Waals surface area contributed by atoms with Gasteiger partial charge in [-0.1, -0.05) is 29.3 Å². The number of nitrogens with zero attached hydrogens (tertiary/aromatic N) is 4. The molecule has 3 N–H and O–H groups in total. The highest BCUT2D eigenvalue weighted by atomic mass is 35.5. The number of ether oxygens (including phenoxy) is 1. The number of nitrogens with one attached hydrogen (secondary N) is 1. The Kier molecular flexibility index (Phi) is 5.55. The fourth-order valence-corrected chi connectivity index (χ4v) is 2.45. The van der Waals surface area contributed by atoms with Crippen LogP contribution in [0.2, 0.25) is 10.0 Å². The highest BCUT2D eigenvalue weighted by Crippen LogP contribution is 2.25. The number of nitrogens with two attached hydrogens (primary N) is 1. The van der Waals surface area contributed by atoms with Crippen molar-refractivity contribution in [2.75, 3.05) is 11.3 Å². The molecule has 10 heteroatoms. The van der Waals surface area contributed by atoms with E-state index in [1.165, 1.54) is 29.4 Å². The Morgan fingerprint density at radius 2 is 2.15 bits per heavy atom. The van der Waals surface area contributed by atoms with E-state index in [1.54, 1.807) is 24.3 Å². The van der Waals surface area contributed by atoms with Crippen LogP contribution >= 0.6 is 23.2 Å². The van der Waals surface area contributed by atoms with Crippen molar-refractivity contribution in [2.24, 2.45) is 5.10 Å². The number of nitrogen functional groups attached to an aromatic ring is 1. The molecule has 1 heterocycles. The number of aromatic nitrogens is 3. The van der Waals surface area contributed by atoms with Crippen molar-refractivity contribution in [1.82, 2.24) is 14.9 Å². The Hall–Kier alpha value is -2.84. The van der Waals surface area contributed by atoms with Crippen molar-refractivity contribution in [1.29, 1.82) is 0 Å². The van der Waals surface area contributed by atoms with Gasteiger partial charge in [0.1, 0.15) is 24.5 Å². The molecule has 26 heavy (non-hydrogen) atoms. The number of hydrogen-bond donors (Lipinski definition) is 2. The quantitative estimate of drug-likeness (QED) is 0.379. The SMILES string of the molecule is Nn1cnnc1N/N=C/c1cc(Cl)ccc1OCc1c(F)cccc1Cl. The summed E-state index contributed by atoms with van der Waals surface area (Å²) in [5, 5.41) is 12.1. The van der Waals surface area contributed by atoms with E-state index in [-0.39, 0.29) is 23.1 Å². The van der Waals surface area contributed by atoms with E-state index < -0.39 is 5.82 Å². The maximum Gasteiger partial charge on any atom is 0.263 e. The fraction of sp³-hybridized carbons (Fsp3) is 0.0625. The molecule has 134 valence electrons. The molecule has 0 saturated heterocycles. The minimum atomic E-state index is -0.439. The molecule has 0 bridgehead atoms. The first-order valence-electron chi connectivity index (χ1n) is 7.34. The summed E-state index contributed by atoms with van der Waals surface area (Å²) in [6, 6.07) is 9.41. The molecule has 0 spiro atoms.